The topological polar surface area (TPSA) is 25.8 Å². The van der Waals surface area contributed by atoms with Crippen molar-refractivity contribution in [1.29, 1.82) is 0 Å². The van der Waals surface area contributed by atoms with Gasteiger partial charge in [-0.15, -0.1) is 0 Å². The van der Waals surface area contributed by atoms with Gasteiger partial charge in [0, 0.05) is 16.3 Å². The summed E-state index contributed by atoms with van der Waals surface area (Å²) in [7, 11) is 0. The van der Waals surface area contributed by atoms with E-state index in [-0.39, 0.29) is 0 Å². The summed E-state index contributed by atoms with van der Waals surface area (Å²) in [4.78, 5) is 10.2. The predicted octanol–water partition coefficient (Wildman–Crippen LogP) is 10.1. The molecular weight excluding hydrogens is 484 g/mol. The molecule has 0 bridgehead atoms. The lowest BCUT2D eigenvalue weighted by Crippen LogP contribution is -1.93. The molecular formula is C38H24N2. The van der Waals surface area contributed by atoms with Crippen molar-refractivity contribution in [2.45, 2.75) is 0 Å². The molecule has 8 rings (SSSR count). The third-order valence-electron chi connectivity index (χ3n) is 7.86. The number of para-hydroxylation sites is 1. The van der Waals surface area contributed by atoms with Gasteiger partial charge in [-0.05, 0) is 62.3 Å². The summed E-state index contributed by atoms with van der Waals surface area (Å²) in [5, 5.41) is 8.56. The molecule has 0 saturated heterocycles. The summed E-state index contributed by atoms with van der Waals surface area (Å²) >= 11 is 0. The molecule has 2 heterocycles. The van der Waals surface area contributed by atoms with Gasteiger partial charge in [0.2, 0.25) is 0 Å². The van der Waals surface area contributed by atoms with Gasteiger partial charge >= 0.3 is 0 Å². The molecule has 2 heteroatoms. The zero-order valence-electron chi connectivity index (χ0n) is 21.8. The lowest BCUT2D eigenvalue weighted by molar-refractivity contribution is 1.29. The minimum Gasteiger partial charge on any atom is -0.246 e. The van der Waals surface area contributed by atoms with Crippen LogP contribution in [0.4, 0.5) is 0 Å². The zero-order valence-corrected chi connectivity index (χ0v) is 21.8. The molecule has 6 aromatic carbocycles. The molecule has 186 valence electrons. The first-order valence-electron chi connectivity index (χ1n) is 13.6. The minimum absolute atomic E-state index is 0.879. The van der Waals surface area contributed by atoms with Crippen molar-refractivity contribution < 1.29 is 0 Å². The van der Waals surface area contributed by atoms with Crippen LogP contribution in [-0.4, -0.2) is 9.97 Å². The van der Waals surface area contributed by atoms with E-state index in [0.29, 0.717) is 0 Å². The highest BCUT2D eigenvalue weighted by molar-refractivity contribution is 6.14. The van der Waals surface area contributed by atoms with Crippen molar-refractivity contribution in [2.75, 3.05) is 0 Å². The smallest absolute Gasteiger partial charge is 0.0972 e. The van der Waals surface area contributed by atoms with Gasteiger partial charge in [-0.1, -0.05) is 121 Å². The second-order valence-electron chi connectivity index (χ2n) is 10.2. The Labute approximate surface area is 232 Å². The minimum atomic E-state index is 0.879. The lowest BCUT2D eigenvalue weighted by Gasteiger charge is -2.12. The maximum absolute atomic E-state index is 5.10. The summed E-state index contributed by atoms with van der Waals surface area (Å²) in [6.07, 6.45) is 0. The van der Waals surface area contributed by atoms with E-state index in [0.717, 1.165) is 38.9 Å². The van der Waals surface area contributed by atoms with Gasteiger partial charge in [0.1, 0.15) is 0 Å². The lowest BCUT2D eigenvalue weighted by atomic mass is 9.93. The quantitative estimate of drug-likeness (QED) is 0.222. The van der Waals surface area contributed by atoms with E-state index in [1.165, 1.54) is 38.1 Å². The fourth-order valence-corrected chi connectivity index (χ4v) is 5.94. The summed E-state index contributed by atoms with van der Waals surface area (Å²) in [5.41, 5.74) is 7.24. The van der Waals surface area contributed by atoms with Crippen LogP contribution in [0, 0.1) is 0 Å². The molecule has 0 amide bonds. The van der Waals surface area contributed by atoms with Crippen molar-refractivity contribution in [2.24, 2.45) is 0 Å². The second kappa shape index (κ2) is 9.14. The molecule has 0 aliphatic heterocycles. The number of nitrogens with zero attached hydrogens (tertiary/aromatic N) is 2. The van der Waals surface area contributed by atoms with Crippen LogP contribution in [0.25, 0.3) is 77.0 Å². The molecule has 0 spiro atoms. The third-order valence-corrected chi connectivity index (χ3v) is 7.86. The van der Waals surface area contributed by atoms with Crippen LogP contribution in [0.15, 0.2) is 146 Å². The van der Waals surface area contributed by atoms with E-state index in [9.17, 15) is 0 Å². The highest BCUT2D eigenvalue weighted by atomic mass is 14.8. The zero-order chi connectivity index (χ0) is 26.5. The van der Waals surface area contributed by atoms with Gasteiger partial charge in [0.15, 0.2) is 0 Å². The van der Waals surface area contributed by atoms with Crippen molar-refractivity contribution in [3.63, 3.8) is 0 Å². The maximum Gasteiger partial charge on any atom is 0.0972 e. The second-order valence-corrected chi connectivity index (χ2v) is 10.2. The SMILES string of the molecule is c1cc(-c2ccc(-c3cc4ccccc4c4ccccc34)cc2)nc(-c2nc3ccccc3c3ccccc23)c1. The fourth-order valence-electron chi connectivity index (χ4n) is 5.94. The molecule has 0 aliphatic carbocycles. The molecule has 8 aromatic rings. The van der Waals surface area contributed by atoms with Crippen molar-refractivity contribution in [3.05, 3.63) is 146 Å². The highest BCUT2D eigenvalue weighted by Crippen LogP contribution is 2.36. The third kappa shape index (κ3) is 3.65. The molecule has 0 saturated carbocycles. The molecule has 2 nitrogen and oxygen atoms in total. The Kier molecular flexibility index (Phi) is 5.17. The van der Waals surface area contributed by atoms with Crippen LogP contribution in [0.3, 0.4) is 0 Å². The van der Waals surface area contributed by atoms with E-state index in [1.807, 2.05) is 6.07 Å². The Morgan fingerprint density at radius 1 is 0.350 bits per heavy atom. The molecule has 0 radical (unpaired) electrons. The van der Waals surface area contributed by atoms with Crippen LogP contribution in [0.2, 0.25) is 0 Å². The van der Waals surface area contributed by atoms with E-state index in [1.54, 1.807) is 0 Å². The standard InChI is InChI=1S/C38H24N2/c1-2-11-28-27(10-1)24-34(30-13-4-3-12-29(28)30)25-20-22-26(23-21-25)35-18-9-19-37(39-35)38-33-16-6-5-14-31(33)32-15-7-8-17-36(32)40-38/h1-24H. The van der Waals surface area contributed by atoms with Crippen LogP contribution in [0.1, 0.15) is 0 Å². The van der Waals surface area contributed by atoms with Crippen molar-refractivity contribution in [3.8, 4) is 33.8 Å². The van der Waals surface area contributed by atoms with Gasteiger partial charge in [0.05, 0.1) is 22.6 Å². The van der Waals surface area contributed by atoms with Crippen molar-refractivity contribution in [1.82, 2.24) is 9.97 Å². The largest absolute Gasteiger partial charge is 0.246 e. The monoisotopic (exact) mass is 508 g/mol. The summed E-state index contributed by atoms with van der Waals surface area (Å²) < 4.78 is 0. The Morgan fingerprint density at radius 2 is 0.925 bits per heavy atom. The fraction of sp³-hybridized carbons (Fsp3) is 0. The first-order valence-corrected chi connectivity index (χ1v) is 13.6. The Morgan fingerprint density at radius 3 is 1.73 bits per heavy atom. The molecule has 0 unspecified atom stereocenters. The number of benzene rings is 6. The van der Waals surface area contributed by atoms with E-state index in [4.69, 9.17) is 9.97 Å². The molecule has 0 fully saturated rings. The first kappa shape index (κ1) is 22.6. The van der Waals surface area contributed by atoms with Gasteiger partial charge in [-0.25, -0.2) is 9.97 Å². The van der Waals surface area contributed by atoms with Crippen LogP contribution >= 0.6 is 0 Å². The number of pyridine rings is 2. The maximum atomic E-state index is 5.10. The summed E-state index contributed by atoms with van der Waals surface area (Å²) in [6.45, 7) is 0. The molecule has 2 aromatic heterocycles. The average molecular weight is 509 g/mol. The van der Waals surface area contributed by atoms with Gasteiger partial charge < -0.3 is 0 Å². The highest BCUT2D eigenvalue weighted by Gasteiger charge is 2.13. The number of hydrogen-bond donors (Lipinski definition) is 0. The number of rotatable bonds is 3. The first-order chi connectivity index (χ1) is 19.8. The summed E-state index contributed by atoms with van der Waals surface area (Å²) in [6, 6.07) is 51.4. The molecule has 0 N–H and O–H groups in total. The number of hydrogen-bond acceptors (Lipinski definition) is 2. The van der Waals surface area contributed by atoms with Gasteiger partial charge in [-0.3, -0.25) is 0 Å². The molecule has 0 atom stereocenters. The van der Waals surface area contributed by atoms with E-state index < -0.39 is 0 Å². The Bertz CT molecular complexity index is 2210. The van der Waals surface area contributed by atoms with E-state index >= 15 is 0 Å². The molecule has 40 heavy (non-hydrogen) atoms. The summed E-state index contributed by atoms with van der Waals surface area (Å²) in [5.74, 6) is 0. The predicted molar refractivity (Wildman–Crippen MR) is 168 cm³/mol. The van der Waals surface area contributed by atoms with E-state index in [2.05, 4.69) is 140 Å². The normalized spacial score (nSPS) is 11.5. The number of fused-ring (bicyclic) bond motifs is 6. The van der Waals surface area contributed by atoms with Crippen molar-refractivity contribution >= 4 is 43.2 Å². The Balaban J connectivity index is 1.23. The number of aromatic nitrogens is 2. The molecule has 0 aliphatic rings. The van der Waals surface area contributed by atoms with Crippen LogP contribution in [0.5, 0.6) is 0 Å². The average Bonchev–Trinajstić information content (AvgIpc) is 3.04. The van der Waals surface area contributed by atoms with Crippen LogP contribution < -0.4 is 0 Å². The Hall–Kier alpha value is -5.34. The van der Waals surface area contributed by atoms with Crippen LogP contribution in [-0.2, 0) is 0 Å². The van der Waals surface area contributed by atoms with Gasteiger partial charge in [0.25, 0.3) is 0 Å². The van der Waals surface area contributed by atoms with Gasteiger partial charge in [-0.2, -0.15) is 0 Å².